The highest BCUT2D eigenvalue weighted by atomic mass is 32.2. The van der Waals surface area contributed by atoms with Gasteiger partial charge in [0.15, 0.2) is 11.9 Å². The maximum absolute atomic E-state index is 11.9. The van der Waals surface area contributed by atoms with E-state index in [0.717, 1.165) is 0 Å². The number of nitrogens with one attached hydrogen (secondary N) is 1. The molecule has 0 bridgehead atoms. The molecular weight excluding hydrogens is 264 g/mol. The van der Waals surface area contributed by atoms with Crippen molar-refractivity contribution in [2.75, 3.05) is 16.8 Å². The number of amides is 1. The van der Waals surface area contributed by atoms with Gasteiger partial charge in [0.05, 0.1) is 23.3 Å². The van der Waals surface area contributed by atoms with Crippen molar-refractivity contribution >= 4 is 29.1 Å². The van der Waals surface area contributed by atoms with E-state index in [-0.39, 0.29) is 23.2 Å². The van der Waals surface area contributed by atoms with Crippen molar-refractivity contribution in [2.24, 2.45) is 0 Å². The summed E-state index contributed by atoms with van der Waals surface area (Å²) in [4.78, 5) is 23.4. The Balaban J connectivity index is 2.13. The molecule has 1 aliphatic heterocycles. The fourth-order valence-corrected chi connectivity index (χ4v) is 2.20. The lowest BCUT2D eigenvalue weighted by molar-refractivity contribution is -0.122. The highest BCUT2D eigenvalue weighted by Crippen LogP contribution is 2.30. The standard InChI is InChI=1S/C13H12N2O3S/c1-8-13(17)15-10-6-9(2-3-12(10)18-8)11(16)7-19-5-4-14/h2-3,6,8H,5,7H2,1H3,(H,15,17). The Kier molecular flexibility index (Phi) is 4.07. The normalized spacial score (nSPS) is 16.8. The lowest BCUT2D eigenvalue weighted by atomic mass is 10.1. The minimum absolute atomic E-state index is 0.0732. The Morgan fingerprint density at radius 2 is 2.37 bits per heavy atom. The van der Waals surface area contributed by atoms with Crippen molar-refractivity contribution in [2.45, 2.75) is 13.0 Å². The smallest absolute Gasteiger partial charge is 0.265 e. The number of thioether (sulfide) groups is 1. The third kappa shape index (κ3) is 3.06. The van der Waals surface area contributed by atoms with E-state index in [1.807, 2.05) is 6.07 Å². The second-order valence-electron chi connectivity index (χ2n) is 4.03. The van der Waals surface area contributed by atoms with Gasteiger partial charge in [-0.3, -0.25) is 9.59 Å². The van der Waals surface area contributed by atoms with Gasteiger partial charge in [-0.05, 0) is 25.1 Å². The highest BCUT2D eigenvalue weighted by Gasteiger charge is 2.24. The number of nitriles is 1. The number of hydrogen-bond acceptors (Lipinski definition) is 5. The van der Waals surface area contributed by atoms with E-state index in [1.165, 1.54) is 11.8 Å². The van der Waals surface area contributed by atoms with Crippen molar-refractivity contribution in [3.05, 3.63) is 23.8 Å². The van der Waals surface area contributed by atoms with Gasteiger partial charge in [0.25, 0.3) is 5.91 Å². The van der Waals surface area contributed by atoms with Crippen LogP contribution in [0.25, 0.3) is 0 Å². The Morgan fingerprint density at radius 3 is 3.11 bits per heavy atom. The molecular formula is C13H12N2O3S. The molecule has 2 rings (SSSR count). The molecule has 0 aromatic heterocycles. The zero-order chi connectivity index (χ0) is 13.8. The monoisotopic (exact) mass is 276 g/mol. The summed E-state index contributed by atoms with van der Waals surface area (Å²) in [6.45, 7) is 1.66. The quantitative estimate of drug-likeness (QED) is 0.670. The van der Waals surface area contributed by atoms with Gasteiger partial charge < -0.3 is 10.1 Å². The molecule has 6 heteroatoms. The number of anilines is 1. The van der Waals surface area contributed by atoms with Crippen LogP contribution in [0, 0.1) is 11.3 Å². The lowest BCUT2D eigenvalue weighted by Crippen LogP contribution is -2.34. The van der Waals surface area contributed by atoms with Gasteiger partial charge in [-0.25, -0.2) is 0 Å². The summed E-state index contributed by atoms with van der Waals surface area (Å²) in [7, 11) is 0. The molecule has 19 heavy (non-hydrogen) atoms. The second kappa shape index (κ2) is 5.76. The molecule has 0 saturated carbocycles. The average Bonchev–Trinajstić information content (AvgIpc) is 2.40. The zero-order valence-electron chi connectivity index (χ0n) is 10.3. The Morgan fingerprint density at radius 1 is 1.58 bits per heavy atom. The van der Waals surface area contributed by atoms with E-state index in [2.05, 4.69) is 5.32 Å². The molecule has 0 saturated heterocycles. The Hall–Kier alpha value is -2.00. The van der Waals surface area contributed by atoms with Gasteiger partial charge in [-0.2, -0.15) is 5.26 Å². The Labute approximate surface area is 114 Å². The molecule has 1 aromatic carbocycles. The number of hydrogen-bond donors (Lipinski definition) is 1. The molecule has 1 unspecified atom stereocenters. The number of fused-ring (bicyclic) bond motifs is 1. The van der Waals surface area contributed by atoms with Gasteiger partial charge in [0, 0.05) is 5.56 Å². The van der Waals surface area contributed by atoms with Crippen molar-refractivity contribution in [1.29, 1.82) is 5.26 Å². The SMILES string of the molecule is CC1Oc2ccc(C(=O)CSCC#N)cc2NC1=O. The number of nitrogens with zero attached hydrogens (tertiary/aromatic N) is 1. The molecule has 1 heterocycles. The van der Waals surface area contributed by atoms with Crippen LogP contribution in [0.15, 0.2) is 18.2 Å². The minimum Gasteiger partial charge on any atom is -0.479 e. The van der Waals surface area contributed by atoms with E-state index in [1.54, 1.807) is 25.1 Å². The third-order valence-electron chi connectivity index (χ3n) is 2.63. The first-order valence-corrected chi connectivity index (χ1v) is 6.86. The van der Waals surface area contributed by atoms with Gasteiger partial charge in [0.1, 0.15) is 5.75 Å². The molecule has 0 fully saturated rings. The first kappa shape index (κ1) is 13.4. The van der Waals surface area contributed by atoms with E-state index in [0.29, 0.717) is 17.0 Å². The molecule has 5 nitrogen and oxygen atoms in total. The lowest BCUT2D eigenvalue weighted by Gasteiger charge is -2.23. The van der Waals surface area contributed by atoms with Crippen LogP contribution in [0.3, 0.4) is 0 Å². The largest absolute Gasteiger partial charge is 0.479 e. The average molecular weight is 276 g/mol. The van der Waals surface area contributed by atoms with Crippen LogP contribution in [-0.2, 0) is 4.79 Å². The molecule has 1 amide bonds. The van der Waals surface area contributed by atoms with Crippen molar-refractivity contribution in [3.8, 4) is 11.8 Å². The summed E-state index contributed by atoms with van der Waals surface area (Å²) in [5.41, 5.74) is 1.02. The van der Waals surface area contributed by atoms with Crippen LogP contribution in [0.4, 0.5) is 5.69 Å². The molecule has 0 spiro atoms. The number of Topliss-reactive ketones (excluding diaryl/α,β-unsaturated/α-hetero) is 1. The summed E-state index contributed by atoms with van der Waals surface area (Å²) < 4.78 is 5.41. The summed E-state index contributed by atoms with van der Waals surface area (Å²) in [6, 6.07) is 6.91. The van der Waals surface area contributed by atoms with E-state index < -0.39 is 6.10 Å². The van der Waals surface area contributed by atoms with Crippen molar-refractivity contribution in [1.82, 2.24) is 0 Å². The van der Waals surface area contributed by atoms with Crippen LogP contribution in [-0.4, -0.2) is 29.3 Å². The first-order chi connectivity index (χ1) is 9.11. The number of carbonyl (C=O) groups excluding carboxylic acids is 2. The maximum atomic E-state index is 11.9. The number of rotatable bonds is 4. The van der Waals surface area contributed by atoms with Crippen LogP contribution >= 0.6 is 11.8 Å². The van der Waals surface area contributed by atoms with Gasteiger partial charge >= 0.3 is 0 Å². The summed E-state index contributed by atoms with van der Waals surface area (Å²) >= 11 is 1.27. The van der Waals surface area contributed by atoms with Crippen molar-refractivity contribution in [3.63, 3.8) is 0 Å². The van der Waals surface area contributed by atoms with E-state index >= 15 is 0 Å². The summed E-state index contributed by atoms with van der Waals surface area (Å²) in [6.07, 6.45) is -0.528. The number of benzene rings is 1. The maximum Gasteiger partial charge on any atom is 0.265 e. The van der Waals surface area contributed by atoms with Crippen LogP contribution < -0.4 is 10.1 Å². The zero-order valence-corrected chi connectivity index (χ0v) is 11.1. The predicted octanol–water partition coefficient (Wildman–Crippen LogP) is 1.85. The van der Waals surface area contributed by atoms with Gasteiger partial charge in [-0.15, -0.1) is 11.8 Å². The molecule has 98 valence electrons. The fraction of sp³-hybridized carbons (Fsp3) is 0.308. The van der Waals surface area contributed by atoms with Crippen LogP contribution in [0.2, 0.25) is 0 Å². The summed E-state index contributed by atoms with van der Waals surface area (Å²) in [5.74, 6) is 0.797. The molecule has 1 aromatic rings. The van der Waals surface area contributed by atoms with Crippen LogP contribution in [0.1, 0.15) is 17.3 Å². The summed E-state index contributed by atoms with van der Waals surface area (Å²) in [5, 5.41) is 11.1. The van der Waals surface area contributed by atoms with Crippen molar-refractivity contribution < 1.29 is 14.3 Å². The number of carbonyl (C=O) groups is 2. The minimum atomic E-state index is -0.528. The van der Waals surface area contributed by atoms with Gasteiger partial charge in [0.2, 0.25) is 0 Å². The molecule has 1 atom stereocenters. The third-order valence-corrected chi connectivity index (χ3v) is 3.43. The van der Waals surface area contributed by atoms with E-state index in [4.69, 9.17) is 10.00 Å². The molecule has 1 N–H and O–H groups in total. The van der Waals surface area contributed by atoms with E-state index in [9.17, 15) is 9.59 Å². The predicted molar refractivity (Wildman–Crippen MR) is 72.4 cm³/mol. The molecule has 0 aliphatic carbocycles. The number of ketones is 1. The molecule has 0 radical (unpaired) electrons. The molecule has 1 aliphatic rings. The van der Waals surface area contributed by atoms with Crippen LogP contribution in [0.5, 0.6) is 5.75 Å². The second-order valence-corrected chi connectivity index (χ2v) is 5.02. The number of ether oxygens (including phenoxy) is 1. The highest BCUT2D eigenvalue weighted by molar-refractivity contribution is 8.00. The Bertz CT molecular complexity index is 565. The topological polar surface area (TPSA) is 79.2 Å². The van der Waals surface area contributed by atoms with Gasteiger partial charge in [-0.1, -0.05) is 0 Å². The fourth-order valence-electron chi connectivity index (χ4n) is 1.65. The first-order valence-electron chi connectivity index (χ1n) is 5.71.